The number of aromatic nitrogens is 2. The van der Waals surface area contributed by atoms with Crippen LogP contribution in [0.5, 0.6) is 0 Å². The van der Waals surface area contributed by atoms with Crippen LogP contribution in [0.2, 0.25) is 0 Å². The Bertz CT molecular complexity index is 385. The van der Waals surface area contributed by atoms with Crippen molar-refractivity contribution in [3.63, 3.8) is 0 Å². The van der Waals surface area contributed by atoms with E-state index in [-0.39, 0.29) is 11.4 Å². The first-order chi connectivity index (χ1) is 7.28. The van der Waals surface area contributed by atoms with Crippen molar-refractivity contribution in [3.05, 3.63) is 27.9 Å². The predicted molar refractivity (Wildman–Crippen MR) is 57.0 cm³/mol. The Hall–Kier alpha value is -0.870. The normalized spacial score (nSPS) is 20.7. The van der Waals surface area contributed by atoms with Crippen LogP contribution in [0.3, 0.4) is 0 Å². The highest BCUT2D eigenvalue weighted by Crippen LogP contribution is 2.15. The maximum Gasteiger partial charge on any atom is 0.251 e. The van der Waals surface area contributed by atoms with Crippen molar-refractivity contribution in [3.8, 4) is 0 Å². The van der Waals surface area contributed by atoms with E-state index in [1.807, 2.05) is 0 Å². The van der Waals surface area contributed by atoms with Crippen LogP contribution in [0.4, 0.5) is 0 Å². The van der Waals surface area contributed by atoms with Crippen molar-refractivity contribution in [1.82, 2.24) is 9.97 Å². The lowest BCUT2D eigenvalue weighted by molar-refractivity contribution is 0.185. The molecule has 1 fully saturated rings. The molecular weight excluding hydrogens is 216 g/mol. The van der Waals surface area contributed by atoms with Crippen LogP contribution < -0.4 is 5.56 Å². The van der Waals surface area contributed by atoms with Gasteiger partial charge in [-0.25, -0.2) is 4.98 Å². The van der Waals surface area contributed by atoms with E-state index >= 15 is 0 Å². The summed E-state index contributed by atoms with van der Waals surface area (Å²) in [4.78, 5) is 18.3. The monoisotopic (exact) mass is 228 g/mol. The number of hydrogen-bond acceptors (Lipinski definition) is 3. The summed E-state index contributed by atoms with van der Waals surface area (Å²) < 4.78 is 5.27. The van der Waals surface area contributed by atoms with Gasteiger partial charge < -0.3 is 9.72 Å². The van der Waals surface area contributed by atoms with Gasteiger partial charge >= 0.3 is 0 Å². The van der Waals surface area contributed by atoms with Crippen LogP contribution >= 0.6 is 11.6 Å². The van der Waals surface area contributed by atoms with Crippen molar-refractivity contribution < 1.29 is 4.74 Å². The summed E-state index contributed by atoms with van der Waals surface area (Å²) in [6.07, 6.45) is 1.80. The maximum atomic E-state index is 11.3. The van der Waals surface area contributed by atoms with Gasteiger partial charge in [-0.3, -0.25) is 4.79 Å². The molecular formula is C10H13ClN2O2. The molecule has 0 spiro atoms. The van der Waals surface area contributed by atoms with E-state index in [0.29, 0.717) is 17.4 Å². The van der Waals surface area contributed by atoms with Crippen LogP contribution in [0.25, 0.3) is 0 Å². The van der Waals surface area contributed by atoms with Crippen LogP contribution in [0.15, 0.2) is 10.9 Å². The number of nitrogens with zero attached hydrogens (tertiary/aromatic N) is 1. The van der Waals surface area contributed by atoms with Gasteiger partial charge in [0.15, 0.2) is 0 Å². The van der Waals surface area contributed by atoms with Gasteiger partial charge in [-0.1, -0.05) is 0 Å². The fraction of sp³-hybridized carbons (Fsp3) is 0.600. The Morgan fingerprint density at radius 2 is 2.53 bits per heavy atom. The standard InChI is InChI=1S/C10H13ClN2O2/c11-5-8-4-10(14)13-9(12-8)3-7-1-2-15-6-7/h4,7H,1-3,5-6H2,(H,12,13,14). The second-order valence-corrected chi connectivity index (χ2v) is 4.02. The molecule has 1 aromatic rings. The lowest BCUT2D eigenvalue weighted by Crippen LogP contribution is -2.15. The highest BCUT2D eigenvalue weighted by molar-refractivity contribution is 6.16. The zero-order chi connectivity index (χ0) is 10.7. The van der Waals surface area contributed by atoms with Gasteiger partial charge in [0, 0.05) is 25.7 Å². The van der Waals surface area contributed by atoms with E-state index in [0.717, 1.165) is 26.1 Å². The SMILES string of the molecule is O=c1cc(CCl)nc(CC2CCOC2)[nH]1. The summed E-state index contributed by atoms with van der Waals surface area (Å²) in [6, 6.07) is 1.43. The number of rotatable bonds is 3. The molecule has 0 aliphatic carbocycles. The summed E-state index contributed by atoms with van der Waals surface area (Å²) in [5, 5.41) is 0. The molecule has 1 saturated heterocycles. The van der Waals surface area contributed by atoms with E-state index in [2.05, 4.69) is 9.97 Å². The predicted octanol–water partition coefficient (Wildman–Crippen LogP) is 1.09. The topological polar surface area (TPSA) is 55.0 Å². The van der Waals surface area contributed by atoms with Crippen LogP contribution in [-0.4, -0.2) is 23.2 Å². The minimum absolute atomic E-state index is 0.130. The Morgan fingerprint density at radius 1 is 1.67 bits per heavy atom. The molecule has 1 aromatic heterocycles. The molecule has 0 saturated carbocycles. The quantitative estimate of drug-likeness (QED) is 0.788. The molecule has 1 N–H and O–H groups in total. The molecule has 15 heavy (non-hydrogen) atoms. The van der Waals surface area contributed by atoms with Gasteiger partial charge in [-0.15, -0.1) is 11.6 Å². The third-order valence-corrected chi connectivity index (χ3v) is 2.76. The summed E-state index contributed by atoms with van der Waals surface area (Å²) in [7, 11) is 0. The van der Waals surface area contributed by atoms with Gasteiger partial charge in [0.2, 0.25) is 0 Å². The molecule has 2 rings (SSSR count). The molecule has 0 amide bonds. The fourth-order valence-corrected chi connectivity index (χ4v) is 1.88. The van der Waals surface area contributed by atoms with E-state index in [1.165, 1.54) is 6.07 Å². The first kappa shape index (κ1) is 10.6. The van der Waals surface area contributed by atoms with Crippen LogP contribution in [0, 0.1) is 5.92 Å². The van der Waals surface area contributed by atoms with Gasteiger partial charge in [-0.05, 0) is 12.3 Å². The van der Waals surface area contributed by atoms with Crippen molar-refractivity contribution in [1.29, 1.82) is 0 Å². The highest BCUT2D eigenvalue weighted by Gasteiger charge is 2.17. The third-order valence-electron chi connectivity index (χ3n) is 2.49. The first-order valence-corrected chi connectivity index (χ1v) is 5.54. The number of ether oxygens (including phenoxy) is 1. The average Bonchev–Trinajstić information content (AvgIpc) is 2.69. The molecule has 0 radical (unpaired) electrons. The molecule has 4 nitrogen and oxygen atoms in total. The minimum Gasteiger partial charge on any atom is -0.381 e. The second-order valence-electron chi connectivity index (χ2n) is 3.75. The van der Waals surface area contributed by atoms with E-state index in [9.17, 15) is 4.79 Å². The van der Waals surface area contributed by atoms with Gasteiger partial charge in [-0.2, -0.15) is 0 Å². The number of nitrogens with one attached hydrogen (secondary N) is 1. The smallest absolute Gasteiger partial charge is 0.251 e. The summed E-state index contributed by atoms with van der Waals surface area (Å²) in [6.45, 7) is 1.57. The number of H-pyrrole nitrogens is 1. The number of alkyl halides is 1. The van der Waals surface area contributed by atoms with E-state index < -0.39 is 0 Å². The molecule has 5 heteroatoms. The summed E-state index contributed by atoms with van der Waals surface area (Å²) >= 11 is 5.65. The number of aromatic amines is 1. The number of hydrogen-bond donors (Lipinski definition) is 1. The van der Waals surface area contributed by atoms with E-state index in [1.54, 1.807) is 0 Å². The lowest BCUT2D eigenvalue weighted by atomic mass is 10.0. The lowest BCUT2D eigenvalue weighted by Gasteiger charge is -2.06. The minimum atomic E-state index is -0.130. The van der Waals surface area contributed by atoms with Crippen molar-refractivity contribution >= 4 is 11.6 Å². The molecule has 1 aliphatic rings. The Morgan fingerprint density at radius 3 is 3.20 bits per heavy atom. The molecule has 1 aliphatic heterocycles. The van der Waals surface area contributed by atoms with Crippen molar-refractivity contribution in [2.24, 2.45) is 5.92 Å². The highest BCUT2D eigenvalue weighted by atomic mass is 35.5. The maximum absolute atomic E-state index is 11.3. The van der Waals surface area contributed by atoms with Crippen molar-refractivity contribution in [2.45, 2.75) is 18.7 Å². The zero-order valence-corrected chi connectivity index (χ0v) is 9.09. The molecule has 2 heterocycles. The second kappa shape index (κ2) is 4.77. The number of halogens is 1. The van der Waals surface area contributed by atoms with Crippen molar-refractivity contribution in [2.75, 3.05) is 13.2 Å². The van der Waals surface area contributed by atoms with Gasteiger partial charge in [0.1, 0.15) is 5.82 Å². The van der Waals surface area contributed by atoms with Crippen LogP contribution in [-0.2, 0) is 17.0 Å². The summed E-state index contributed by atoms with van der Waals surface area (Å²) in [5.41, 5.74) is 0.504. The van der Waals surface area contributed by atoms with Gasteiger partial charge in [0.25, 0.3) is 5.56 Å². The largest absolute Gasteiger partial charge is 0.381 e. The third kappa shape index (κ3) is 2.79. The molecule has 1 atom stereocenters. The Labute approximate surface area is 92.6 Å². The molecule has 0 aromatic carbocycles. The first-order valence-electron chi connectivity index (χ1n) is 5.01. The molecule has 1 unspecified atom stereocenters. The van der Waals surface area contributed by atoms with Gasteiger partial charge in [0.05, 0.1) is 11.6 Å². The average molecular weight is 229 g/mol. The molecule has 0 bridgehead atoms. The van der Waals surface area contributed by atoms with E-state index in [4.69, 9.17) is 16.3 Å². The fourth-order valence-electron chi connectivity index (χ4n) is 1.75. The van der Waals surface area contributed by atoms with Crippen LogP contribution in [0.1, 0.15) is 17.9 Å². The zero-order valence-electron chi connectivity index (χ0n) is 8.33. The Balaban J connectivity index is 2.12. The summed E-state index contributed by atoms with van der Waals surface area (Å²) in [5.74, 6) is 1.46. The molecule has 82 valence electrons. The Kier molecular flexibility index (Phi) is 3.38.